The van der Waals surface area contributed by atoms with Crippen LogP contribution in [0.3, 0.4) is 0 Å². The summed E-state index contributed by atoms with van der Waals surface area (Å²) in [7, 11) is 0. The predicted octanol–water partition coefficient (Wildman–Crippen LogP) is 2.53. The normalized spacial score (nSPS) is 10.5. The Labute approximate surface area is 143 Å². The number of nitrogens with two attached hydrogens (primary N) is 1. The summed E-state index contributed by atoms with van der Waals surface area (Å²) in [5.74, 6) is 0.752. The smallest absolute Gasteiger partial charge is 0.250 e. The fourth-order valence-corrected chi connectivity index (χ4v) is 2.41. The van der Waals surface area contributed by atoms with Crippen molar-refractivity contribution in [3.63, 3.8) is 0 Å². The number of aromatic nitrogens is 3. The van der Waals surface area contributed by atoms with Crippen molar-refractivity contribution in [1.82, 2.24) is 14.5 Å². The molecule has 0 amide bonds. The monoisotopic (exact) mass is 341 g/mol. The molecule has 0 spiro atoms. The first kappa shape index (κ1) is 16.0. The fraction of sp³-hybridized carbons (Fsp3) is 0.118. The van der Waals surface area contributed by atoms with Crippen LogP contribution in [0.1, 0.15) is 11.1 Å². The number of anilines is 2. The average Bonchev–Trinajstić information content (AvgIpc) is 2.59. The highest BCUT2D eigenvalue weighted by Gasteiger charge is 2.06. The van der Waals surface area contributed by atoms with E-state index in [1.54, 1.807) is 22.9 Å². The highest BCUT2D eigenvalue weighted by Crippen LogP contribution is 2.23. The van der Waals surface area contributed by atoms with Gasteiger partial charge in [-0.3, -0.25) is 4.79 Å². The van der Waals surface area contributed by atoms with Crippen LogP contribution in [0, 0.1) is 0 Å². The minimum Gasteiger partial charge on any atom is -0.382 e. The molecule has 0 unspecified atom stereocenters. The molecule has 0 aliphatic rings. The van der Waals surface area contributed by atoms with Gasteiger partial charge in [0.15, 0.2) is 5.82 Å². The number of hydrogen-bond acceptors (Lipinski definition) is 5. The maximum absolute atomic E-state index is 11.7. The quantitative estimate of drug-likeness (QED) is 0.744. The second-order valence-electron chi connectivity index (χ2n) is 5.26. The van der Waals surface area contributed by atoms with Gasteiger partial charge >= 0.3 is 0 Å². The van der Waals surface area contributed by atoms with Gasteiger partial charge < -0.3 is 15.6 Å². The van der Waals surface area contributed by atoms with Gasteiger partial charge in [0, 0.05) is 18.8 Å². The number of nitrogen functional groups attached to an aromatic ring is 1. The van der Waals surface area contributed by atoms with Crippen LogP contribution in [0.25, 0.3) is 0 Å². The van der Waals surface area contributed by atoms with Crippen molar-refractivity contribution in [2.75, 3.05) is 11.1 Å². The summed E-state index contributed by atoms with van der Waals surface area (Å²) in [4.78, 5) is 19.6. The minimum atomic E-state index is -0.0146. The van der Waals surface area contributed by atoms with E-state index in [4.69, 9.17) is 17.3 Å². The van der Waals surface area contributed by atoms with Crippen molar-refractivity contribution in [3.05, 3.63) is 81.5 Å². The van der Waals surface area contributed by atoms with Crippen LogP contribution in [-0.4, -0.2) is 14.5 Å². The van der Waals surface area contributed by atoms with E-state index in [9.17, 15) is 4.79 Å². The fourth-order valence-electron chi connectivity index (χ4n) is 2.24. The molecule has 0 fully saturated rings. The lowest BCUT2D eigenvalue weighted by Crippen LogP contribution is -2.18. The Bertz CT molecular complexity index is 892. The van der Waals surface area contributed by atoms with Crippen molar-refractivity contribution in [1.29, 1.82) is 0 Å². The van der Waals surface area contributed by atoms with E-state index in [-0.39, 0.29) is 11.4 Å². The molecular weight excluding hydrogens is 326 g/mol. The number of benzene rings is 1. The maximum Gasteiger partial charge on any atom is 0.250 e. The zero-order valence-electron chi connectivity index (χ0n) is 12.8. The molecule has 6 nitrogen and oxygen atoms in total. The largest absolute Gasteiger partial charge is 0.382 e. The Balaban J connectivity index is 1.65. The van der Waals surface area contributed by atoms with Crippen LogP contribution in [0.15, 0.2) is 59.8 Å². The molecule has 24 heavy (non-hydrogen) atoms. The summed E-state index contributed by atoms with van der Waals surface area (Å²) in [6.45, 7) is 1.10. The first-order valence-corrected chi connectivity index (χ1v) is 7.74. The molecular formula is C17H16ClN5O. The lowest BCUT2D eigenvalue weighted by molar-refractivity contribution is 0.759. The first-order chi connectivity index (χ1) is 11.6. The highest BCUT2D eigenvalue weighted by molar-refractivity contribution is 6.35. The predicted molar refractivity (Wildman–Crippen MR) is 95.0 cm³/mol. The molecule has 0 atom stereocenters. The first-order valence-electron chi connectivity index (χ1n) is 7.36. The van der Waals surface area contributed by atoms with Gasteiger partial charge in [-0.25, -0.2) is 9.97 Å². The molecule has 7 heteroatoms. The SMILES string of the molecule is Nc1ncnc(NCc2ccc(Cn3ccccc3=O)cc2)c1Cl. The van der Waals surface area contributed by atoms with Gasteiger partial charge in [0.2, 0.25) is 0 Å². The Morgan fingerprint density at radius 1 is 1.08 bits per heavy atom. The zero-order chi connectivity index (χ0) is 16.9. The van der Waals surface area contributed by atoms with Crippen LogP contribution < -0.4 is 16.6 Å². The van der Waals surface area contributed by atoms with Gasteiger partial charge in [-0.05, 0) is 17.2 Å². The molecule has 122 valence electrons. The topological polar surface area (TPSA) is 85.8 Å². The second-order valence-corrected chi connectivity index (χ2v) is 5.64. The third kappa shape index (κ3) is 3.72. The van der Waals surface area contributed by atoms with Gasteiger partial charge in [-0.15, -0.1) is 0 Å². The number of hydrogen-bond donors (Lipinski definition) is 2. The van der Waals surface area contributed by atoms with Crippen molar-refractivity contribution in [2.45, 2.75) is 13.1 Å². The lowest BCUT2D eigenvalue weighted by atomic mass is 10.1. The van der Waals surface area contributed by atoms with Gasteiger partial charge in [0.25, 0.3) is 5.56 Å². The van der Waals surface area contributed by atoms with Crippen LogP contribution in [0.4, 0.5) is 11.6 Å². The summed E-state index contributed by atoms with van der Waals surface area (Å²) >= 11 is 6.04. The molecule has 1 aromatic carbocycles. The van der Waals surface area contributed by atoms with E-state index in [0.717, 1.165) is 11.1 Å². The zero-order valence-corrected chi connectivity index (χ0v) is 13.6. The standard InChI is InChI=1S/C17H16ClN5O/c18-15-16(19)21-11-22-17(15)20-9-12-4-6-13(7-5-12)10-23-8-2-1-3-14(23)24/h1-8,11H,9-10H2,(H3,19,20,21,22). The molecule has 3 rings (SSSR count). The summed E-state index contributed by atoms with van der Waals surface area (Å²) < 4.78 is 1.66. The number of nitrogens with one attached hydrogen (secondary N) is 1. The number of halogens is 1. The molecule has 0 saturated carbocycles. The molecule has 2 heterocycles. The molecule has 3 N–H and O–H groups in total. The average molecular weight is 342 g/mol. The van der Waals surface area contributed by atoms with E-state index in [0.29, 0.717) is 23.9 Å². The van der Waals surface area contributed by atoms with Crippen molar-refractivity contribution < 1.29 is 0 Å². The number of rotatable bonds is 5. The second kappa shape index (κ2) is 7.14. The molecule has 0 saturated heterocycles. The van der Waals surface area contributed by atoms with Crippen LogP contribution in [-0.2, 0) is 13.1 Å². The molecule has 0 aliphatic heterocycles. The Kier molecular flexibility index (Phi) is 4.77. The van der Waals surface area contributed by atoms with Gasteiger partial charge in [-0.1, -0.05) is 41.9 Å². The van der Waals surface area contributed by atoms with Crippen molar-refractivity contribution >= 4 is 23.2 Å². The van der Waals surface area contributed by atoms with E-state index in [2.05, 4.69) is 15.3 Å². The number of nitrogens with zero attached hydrogens (tertiary/aromatic N) is 3. The molecule has 0 radical (unpaired) electrons. The minimum absolute atomic E-state index is 0.0146. The Morgan fingerprint density at radius 3 is 2.58 bits per heavy atom. The van der Waals surface area contributed by atoms with Gasteiger partial charge in [0.05, 0.1) is 6.54 Å². The summed E-state index contributed by atoms with van der Waals surface area (Å²) in [5, 5.41) is 3.45. The number of pyridine rings is 1. The van der Waals surface area contributed by atoms with Gasteiger partial charge in [-0.2, -0.15) is 0 Å². The third-order valence-corrected chi connectivity index (χ3v) is 3.92. The van der Waals surface area contributed by atoms with Crippen molar-refractivity contribution in [3.8, 4) is 0 Å². The summed E-state index contributed by atoms with van der Waals surface area (Å²) in [5.41, 5.74) is 7.74. The summed E-state index contributed by atoms with van der Waals surface area (Å²) in [6.07, 6.45) is 3.14. The Hall–Kier alpha value is -2.86. The molecule has 0 aliphatic carbocycles. The van der Waals surface area contributed by atoms with Crippen LogP contribution in [0.2, 0.25) is 5.02 Å². The summed E-state index contributed by atoms with van der Waals surface area (Å²) in [6, 6.07) is 13.1. The lowest BCUT2D eigenvalue weighted by Gasteiger charge is -2.09. The molecule has 2 aromatic heterocycles. The van der Waals surface area contributed by atoms with E-state index < -0.39 is 0 Å². The highest BCUT2D eigenvalue weighted by atomic mass is 35.5. The maximum atomic E-state index is 11.7. The van der Waals surface area contributed by atoms with Crippen molar-refractivity contribution in [2.24, 2.45) is 0 Å². The third-order valence-electron chi connectivity index (χ3n) is 3.55. The molecule has 3 aromatic rings. The molecule has 0 bridgehead atoms. The van der Waals surface area contributed by atoms with Crippen LogP contribution >= 0.6 is 11.6 Å². The van der Waals surface area contributed by atoms with E-state index >= 15 is 0 Å². The van der Waals surface area contributed by atoms with E-state index in [1.165, 1.54) is 6.33 Å². The van der Waals surface area contributed by atoms with Gasteiger partial charge in [0.1, 0.15) is 17.2 Å². The van der Waals surface area contributed by atoms with Crippen LogP contribution in [0.5, 0.6) is 0 Å². The Morgan fingerprint density at radius 2 is 1.83 bits per heavy atom. The van der Waals surface area contributed by atoms with E-state index in [1.807, 2.05) is 30.3 Å².